The van der Waals surface area contributed by atoms with E-state index in [1.54, 1.807) is 12.1 Å². The molecule has 1 aromatic rings. The second kappa shape index (κ2) is 3.29. The normalized spacial score (nSPS) is 15.8. The van der Waals surface area contributed by atoms with Gasteiger partial charge in [0.25, 0.3) is 0 Å². The maximum Gasteiger partial charge on any atom is 0.117 e. The van der Waals surface area contributed by atoms with Crippen molar-refractivity contribution in [3.63, 3.8) is 0 Å². The molecule has 0 amide bonds. The Morgan fingerprint density at radius 3 is 2.85 bits per heavy atom. The maximum absolute atomic E-state index is 9.28. The molecule has 0 aromatic heterocycles. The van der Waals surface area contributed by atoms with Crippen LogP contribution in [-0.4, -0.2) is 12.2 Å². The van der Waals surface area contributed by atoms with Gasteiger partial charge >= 0.3 is 0 Å². The molecule has 0 unspecified atom stereocenters. The van der Waals surface area contributed by atoms with Gasteiger partial charge in [-0.25, -0.2) is 0 Å². The van der Waals surface area contributed by atoms with Crippen LogP contribution in [0.3, 0.4) is 0 Å². The van der Waals surface area contributed by atoms with Crippen LogP contribution in [0.4, 0.5) is 5.69 Å². The van der Waals surface area contributed by atoms with Crippen molar-refractivity contribution in [2.24, 2.45) is 5.92 Å². The first-order chi connectivity index (χ1) is 6.29. The van der Waals surface area contributed by atoms with E-state index in [2.05, 4.69) is 5.32 Å². The summed E-state index contributed by atoms with van der Waals surface area (Å²) in [5, 5.41) is 12.4. The minimum atomic E-state index is 0.337. The smallest absolute Gasteiger partial charge is 0.117 e. The van der Waals surface area contributed by atoms with Gasteiger partial charge in [0, 0.05) is 18.8 Å². The molecule has 2 rings (SSSR count). The Morgan fingerprint density at radius 2 is 2.23 bits per heavy atom. The second-order valence-electron chi connectivity index (χ2n) is 3.74. The van der Waals surface area contributed by atoms with Crippen LogP contribution in [0.25, 0.3) is 0 Å². The molecule has 1 aromatic carbocycles. The first-order valence-electron chi connectivity index (χ1n) is 4.79. The summed E-state index contributed by atoms with van der Waals surface area (Å²) in [7, 11) is 1.89. The van der Waals surface area contributed by atoms with Crippen molar-refractivity contribution in [3.8, 4) is 5.75 Å². The molecule has 1 aliphatic rings. The highest BCUT2D eigenvalue weighted by Crippen LogP contribution is 2.35. The minimum absolute atomic E-state index is 0.337. The first kappa shape index (κ1) is 8.42. The number of benzene rings is 1. The summed E-state index contributed by atoms with van der Waals surface area (Å²) in [6.45, 7) is 0. The Bertz CT molecular complexity index is 305. The van der Waals surface area contributed by atoms with Crippen molar-refractivity contribution in [3.05, 3.63) is 23.8 Å². The second-order valence-corrected chi connectivity index (χ2v) is 3.74. The molecule has 0 atom stereocenters. The standard InChI is InChI=1S/C11H15NO/c1-12-11-7-10(13)5-4-9(11)6-8-2-3-8/h4-5,7-8,12-13H,2-3,6H2,1H3. The largest absolute Gasteiger partial charge is 0.508 e. The predicted octanol–water partition coefficient (Wildman–Crippen LogP) is 2.39. The number of hydrogen-bond donors (Lipinski definition) is 2. The van der Waals surface area contributed by atoms with Gasteiger partial charge < -0.3 is 10.4 Å². The number of phenols is 1. The molecule has 1 saturated carbocycles. The quantitative estimate of drug-likeness (QED) is 0.743. The van der Waals surface area contributed by atoms with E-state index in [9.17, 15) is 5.11 Å². The summed E-state index contributed by atoms with van der Waals surface area (Å²) in [5.41, 5.74) is 2.38. The Morgan fingerprint density at radius 1 is 1.46 bits per heavy atom. The summed E-state index contributed by atoms with van der Waals surface area (Å²) in [5.74, 6) is 1.22. The molecule has 1 fully saturated rings. The minimum Gasteiger partial charge on any atom is -0.508 e. The zero-order chi connectivity index (χ0) is 9.26. The van der Waals surface area contributed by atoms with Crippen molar-refractivity contribution in [2.45, 2.75) is 19.3 Å². The highest BCUT2D eigenvalue weighted by Gasteiger charge is 2.22. The van der Waals surface area contributed by atoms with E-state index in [4.69, 9.17) is 0 Å². The van der Waals surface area contributed by atoms with Crippen LogP contribution in [0.2, 0.25) is 0 Å². The van der Waals surface area contributed by atoms with E-state index >= 15 is 0 Å². The summed E-state index contributed by atoms with van der Waals surface area (Å²) < 4.78 is 0. The van der Waals surface area contributed by atoms with E-state index in [0.717, 1.165) is 18.0 Å². The van der Waals surface area contributed by atoms with E-state index in [1.165, 1.54) is 18.4 Å². The molecule has 0 bridgehead atoms. The first-order valence-corrected chi connectivity index (χ1v) is 4.79. The van der Waals surface area contributed by atoms with Crippen molar-refractivity contribution >= 4 is 5.69 Å². The maximum atomic E-state index is 9.28. The Labute approximate surface area is 78.6 Å². The predicted molar refractivity (Wildman–Crippen MR) is 54.1 cm³/mol. The van der Waals surface area contributed by atoms with Gasteiger partial charge in [-0.3, -0.25) is 0 Å². The molecular formula is C11H15NO. The third-order valence-corrected chi connectivity index (χ3v) is 2.57. The number of nitrogens with one attached hydrogen (secondary N) is 1. The number of rotatable bonds is 3. The highest BCUT2D eigenvalue weighted by molar-refractivity contribution is 5.54. The molecule has 0 spiro atoms. The molecule has 0 saturated heterocycles. The highest BCUT2D eigenvalue weighted by atomic mass is 16.3. The number of anilines is 1. The Hall–Kier alpha value is -1.18. The van der Waals surface area contributed by atoms with Crippen molar-refractivity contribution in [2.75, 3.05) is 12.4 Å². The molecule has 0 heterocycles. The van der Waals surface area contributed by atoms with Crippen molar-refractivity contribution < 1.29 is 5.11 Å². The topological polar surface area (TPSA) is 32.3 Å². The van der Waals surface area contributed by atoms with Crippen LogP contribution < -0.4 is 5.32 Å². The molecule has 1 aliphatic carbocycles. The van der Waals surface area contributed by atoms with Gasteiger partial charge in [0.2, 0.25) is 0 Å². The lowest BCUT2D eigenvalue weighted by molar-refractivity contribution is 0.475. The van der Waals surface area contributed by atoms with Crippen LogP contribution in [0, 0.1) is 5.92 Å². The zero-order valence-corrected chi connectivity index (χ0v) is 7.88. The average Bonchev–Trinajstić information content (AvgIpc) is 2.92. The van der Waals surface area contributed by atoms with Crippen LogP contribution in [-0.2, 0) is 6.42 Å². The van der Waals surface area contributed by atoms with Gasteiger partial charge in [0.05, 0.1) is 0 Å². The molecule has 2 heteroatoms. The molecule has 0 aliphatic heterocycles. The fourth-order valence-electron chi connectivity index (χ4n) is 1.61. The van der Waals surface area contributed by atoms with Crippen LogP contribution in [0.15, 0.2) is 18.2 Å². The Kier molecular flexibility index (Phi) is 2.13. The summed E-state index contributed by atoms with van der Waals surface area (Å²) in [6.07, 6.45) is 3.88. The lowest BCUT2D eigenvalue weighted by Crippen LogP contribution is -1.96. The van der Waals surface area contributed by atoms with E-state index in [-0.39, 0.29) is 0 Å². The van der Waals surface area contributed by atoms with Crippen molar-refractivity contribution in [1.29, 1.82) is 0 Å². The average molecular weight is 177 g/mol. The van der Waals surface area contributed by atoms with Gasteiger partial charge in [-0.15, -0.1) is 0 Å². The fraction of sp³-hybridized carbons (Fsp3) is 0.455. The van der Waals surface area contributed by atoms with E-state index < -0.39 is 0 Å². The lowest BCUT2D eigenvalue weighted by atomic mass is 10.1. The van der Waals surface area contributed by atoms with Gasteiger partial charge in [-0.1, -0.05) is 6.07 Å². The summed E-state index contributed by atoms with van der Waals surface area (Å²) >= 11 is 0. The monoisotopic (exact) mass is 177 g/mol. The third kappa shape index (κ3) is 1.94. The summed E-state index contributed by atoms with van der Waals surface area (Å²) in [6, 6.07) is 5.57. The number of phenolic OH excluding ortho intramolecular Hbond substituents is 1. The molecule has 70 valence electrons. The van der Waals surface area contributed by atoms with Gasteiger partial charge in [-0.05, 0) is 36.8 Å². The number of hydrogen-bond acceptors (Lipinski definition) is 2. The zero-order valence-electron chi connectivity index (χ0n) is 7.88. The molecule has 2 nitrogen and oxygen atoms in total. The number of aromatic hydroxyl groups is 1. The molecule has 0 radical (unpaired) electrons. The Balaban J connectivity index is 2.21. The van der Waals surface area contributed by atoms with Gasteiger partial charge in [-0.2, -0.15) is 0 Å². The van der Waals surface area contributed by atoms with Crippen LogP contribution in [0.5, 0.6) is 5.75 Å². The van der Waals surface area contributed by atoms with E-state index in [0.29, 0.717) is 5.75 Å². The van der Waals surface area contributed by atoms with E-state index in [1.807, 2.05) is 13.1 Å². The van der Waals surface area contributed by atoms with Crippen LogP contribution >= 0.6 is 0 Å². The SMILES string of the molecule is CNc1cc(O)ccc1CC1CC1. The lowest BCUT2D eigenvalue weighted by Gasteiger charge is -2.08. The molecular weight excluding hydrogens is 162 g/mol. The molecule has 13 heavy (non-hydrogen) atoms. The van der Waals surface area contributed by atoms with Gasteiger partial charge in [0.15, 0.2) is 0 Å². The summed E-state index contributed by atoms with van der Waals surface area (Å²) in [4.78, 5) is 0. The van der Waals surface area contributed by atoms with Crippen molar-refractivity contribution in [1.82, 2.24) is 0 Å². The fourth-order valence-corrected chi connectivity index (χ4v) is 1.61. The third-order valence-electron chi connectivity index (χ3n) is 2.57. The molecule has 2 N–H and O–H groups in total. The van der Waals surface area contributed by atoms with Gasteiger partial charge in [0.1, 0.15) is 5.75 Å². The van der Waals surface area contributed by atoms with Crippen LogP contribution in [0.1, 0.15) is 18.4 Å².